The number of amides is 1. The number of hydrogen-bond donors (Lipinski definition) is 1. The molecule has 0 spiro atoms. The number of ether oxygens (including phenoxy) is 1. The average molecular weight is 455 g/mol. The number of carbonyl (C=O) groups is 1. The van der Waals surface area contributed by atoms with E-state index in [1.54, 1.807) is 0 Å². The Hall–Kier alpha value is -2.88. The number of rotatable bonds is 6. The molecule has 4 fully saturated rings. The SMILES string of the molecule is CCOc1ccc(-c2cc(C(=O)NC(C)C34CC5CC(CC(C5)C3)C4)c3ccccc3n2)cc1. The van der Waals surface area contributed by atoms with Gasteiger partial charge in [-0.2, -0.15) is 0 Å². The van der Waals surface area contributed by atoms with Crippen molar-refractivity contribution < 1.29 is 9.53 Å². The van der Waals surface area contributed by atoms with Gasteiger partial charge in [-0.3, -0.25) is 4.79 Å². The topological polar surface area (TPSA) is 51.2 Å². The minimum absolute atomic E-state index is 0.0223. The highest BCUT2D eigenvalue weighted by Crippen LogP contribution is 2.61. The Balaban J connectivity index is 1.31. The maximum atomic E-state index is 13.7. The Labute approximate surface area is 202 Å². The molecule has 2 aromatic carbocycles. The van der Waals surface area contributed by atoms with Crippen molar-refractivity contribution in [2.24, 2.45) is 23.2 Å². The number of hydrogen-bond acceptors (Lipinski definition) is 3. The number of benzene rings is 2. The van der Waals surface area contributed by atoms with E-state index in [0.29, 0.717) is 12.2 Å². The van der Waals surface area contributed by atoms with Crippen LogP contribution in [0.5, 0.6) is 5.75 Å². The molecule has 4 heteroatoms. The smallest absolute Gasteiger partial charge is 0.252 e. The van der Waals surface area contributed by atoms with E-state index in [9.17, 15) is 4.79 Å². The van der Waals surface area contributed by atoms with Crippen LogP contribution in [0.25, 0.3) is 22.2 Å². The van der Waals surface area contributed by atoms with Gasteiger partial charge in [0.2, 0.25) is 0 Å². The van der Waals surface area contributed by atoms with Crippen molar-refractivity contribution in [3.63, 3.8) is 0 Å². The molecule has 4 saturated carbocycles. The molecule has 34 heavy (non-hydrogen) atoms. The van der Waals surface area contributed by atoms with E-state index >= 15 is 0 Å². The number of nitrogens with one attached hydrogen (secondary N) is 1. The molecule has 3 aromatic rings. The lowest BCUT2D eigenvalue weighted by molar-refractivity contribution is -0.0687. The molecule has 4 bridgehead atoms. The fourth-order valence-electron chi connectivity index (χ4n) is 7.54. The summed E-state index contributed by atoms with van der Waals surface area (Å²) in [6, 6.07) is 18.1. The van der Waals surface area contributed by atoms with Crippen LogP contribution in [0.1, 0.15) is 62.7 Å². The first-order valence-electron chi connectivity index (χ1n) is 13.0. The first-order valence-corrected chi connectivity index (χ1v) is 13.0. The van der Waals surface area contributed by atoms with Crippen molar-refractivity contribution in [2.75, 3.05) is 6.61 Å². The highest BCUT2D eigenvalue weighted by molar-refractivity contribution is 6.07. The van der Waals surface area contributed by atoms with E-state index < -0.39 is 0 Å². The summed E-state index contributed by atoms with van der Waals surface area (Å²) in [5.41, 5.74) is 3.64. The second kappa shape index (κ2) is 8.41. The van der Waals surface area contributed by atoms with E-state index in [0.717, 1.165) is 45.7 Å². The summed E-state index contributed by atoms with van der Waals surface area (Å²) < 4.78 is 5.59. The molecule has 0 radical (unpaired) electrons. The molecule has 1 unspecified atom stereocenters. The highest BCUT2D eigenvalue weighted by Gasteiger charge is 2.53. The molecule has 1 amide bonds. The summed E-state index contributed by atoms with van der Waals surface area (Å²) in [5.74, 6) is 3.49. The summed E-state index contributed by atoms with van der Waals surface area (Å²) in [7, 11) is 0. The predicted octanol–water partition coefficient (Wildman–Crippen LogP) is 6.64. The van der Waals surface area contributed by atoms with Crippen LogP contribution in [0.4, 0.5) is 0 Å². The van der Waals surface area contributed by atoms with Crippen molar-refractivity contribution in [1.29, 1.82) is 0 Å². The van der Waals surface area contributed by atoms with Crippen LogP contribution < -0.4 is 10.1 Å². The van der Waals surface area contributed by atoms with Crippen LogP contribution in [0.15, 0.2) is 54.6 Å². The van der Waals surface area contributed by atoms with Crippen LogP contribution in [-0.4, -0.2) is 23.5 Å². The van der Waals surface area contributed by atoms with Gasteiger partial charge in [0.15, 0.2) is 0 Å². The molecule has 0 aliphatic heterocycles. The van der Waals surface area contributed by atoms with Crippen molar-refractivity contribution in [3.8, 4) is 17.0 Å². The van der Waals surface area contributed by atoms with Crippen LogP contribution in [-0.2, 0) is 0 Å². The lowest BCUT2D eigenvalue weighted by atomic mass is 9.48. The third kappa shape index (κ3) is 3.77. The minimum Gasteiger partial charge on any atom is -0.494 e. The Morgan fingerprint density at radius 2 is 1.68 bits per heavy atom. The van der Waals surface area contributed by atoms with Crippen molar-refractivity contribution >= 4 is 16.8 Å². The molecule has 4 aliphatic carbocycles. The quantitative estimate of drug-likeness (QED) is 0.454. The maximum absolute atomic E-state index is 13.7. The Bertz CT molecular complexity index is 1180. The maximum Gasteiger partial charge on any atom is 0.252 e. The summed E-state index contributed by atoms with van der Waals surface area (Å²) in [4.78, 5) is 18.6. The van der Waals surface area contributed by atoms with E-state index in [1.807, 2.05) is 61.5 Å². The lowest BCUT2D eigenvalue weighted by Crippen LogP contribution is -2.55. The number of carbonyl (C=O) groups excluding carboxylic acids is 1. The fourth-order valence-corrected chi connectivity index (χ4v) is 7.54. The van der Waals surface area contributed by atoms with Gasteiger partial charge in [0.25, 0.3) is 5.91 Å². The normalized spacial score (nSPS) is 28.1. The number of aromatic nitrogens is 1. The van der Waals surface area contributed by atoms with Gasteiger partial charge in [0, 0.05) is 17.0 Å². The van der Waals surface area contributed by atoms with E-state index in [2.05, 4.69) is 12.2 Å². The number of pyridine rings is 1. The lowest BCUT2D eigenvalue weighted by Gasteiger charge is -2.59. The third-order valence-corrected chi connectivity index (χ3v) is 8.77. The molecule has 1 aromatic heterocycles. The molecule has 176 valence electrons. The fraction of sp³-hybridized carbons (Fsp3) is 0.467. The van der Waals surface area contributed by atoms with Crippen LogP contribution in [0.2, 0.25) is 0 Å². The molecular formula is C30H34N2O2. The standard InChI is InChI=1S/C30H34N2O2/c1-3-34-24-10-8-23(9-11-24)28-15-26(25-6-4-5-7-27(25)32-28)29(33)31-19(2)30-16-20-12-21(17-30)14-22(13-20)18-30/h4-11,15,19-22H,3,12-14,16-18H2,1-2H3,(H,31,33). The van der Waals surface area contributed by atoms with Crippen LogP contribution >= 0.6 is 0 Å². The first-order chi connectivity index (χ1) is 16.5. The molecule has 4 nitrogen and oxygen atoms in total. The second-order valence-corrected chi connectivity index (χ2v) is 11.0. The van der Waals surface area contributed by atoms with Gasteiger partial charge in [0.05, 0.1) is 23.4 Å². The van der Waals surface area contributed by atoms with Crippen LogP contribution in [0.3, 0.4) is 0 Å². The molecule has 1 heterocycles. The van der Waals surface area contributed by atoms with E-state index in [-0.39, 0.29) is 17.4 Å². The van der Waals surface area contributed by atoms with E-state index in [1.165, 1.54) is 38.5 Å². The highest BCUT2D eigenvalue weighted by atomic mass is 16.5. The van der Waals surface area contributed by atoms with Crippen LogP contribution in [0, 0.1) is 23.2 Å². The minimum atomic E-state index is 0.0223. The predicted molar refractivity (Wildman–Crippen MR) is 136 cm³/mol. The number of para-hydroxylation sites is 1. The zero-order valence-corrected chi connectivity index (χ0v) is 20.2. The third-order valence-electron chi connectivity index (χ3n) is 8.77. The molecule has 1 atom stereocenters. The largest absolute Gasteiger partial charge is 0.494 e. The van der Waals surface area contributed by atoms with Gasteiger partial charge in [-0.15, -0.1) is 0 Å². The second-order valence-electron chi connectivity index (χ2n) is 11.0. The summed E-state index contributed by atoms with van der Waals surface area (Å²) in [5, 5.41) is 4.37. The first kappa shape index (κ1) is 21.6. The molecule has 0 saturated heterocycles. The summed E-state index contributed by atoms with van der Waals surface area (Å²) in [6.45, 7) is 4.87. The van der Waals surface area contributed by atoms with Gasteiger partial charge in [-0.05, 0) is 112 Å². The van der Waals surface area contributed by atoms with Gasteiger partial charge in [0.1, 0.15) is 5.75 Å². The number of nitrogens with zero attached hydrogens (tertiary/aromatic N) is 1. The van der Waals surface area contributed by atoms with Gasteiger partial charge in [-0.1, -0.05) is 18.2 Å². The van der Waals surface area contributed by atoms with Gasteiger partial charge in [-0.25, -0.2) is 4.98 Å². The van der Waals surface area contributed by atoms with Crippen molar-refractivity contribution in [3.05, 3.63) is 60.2 Å². The average Bonchev–Trinajstić information content (AvgIpc) is 2.83. The molecule has 1 N–H and O–H groups in total. The van der Waals surface area contributed by atoms with Gasteiger partial charge < -0.3 is 10.1 Å². The summed E-state index contributed by atoms with van der Waals surface area (Å²) >= 11 is 0. The number of fused-ring (bicyclic) bond motifs is 1. The Kier molecular flexibility index (Phi) is 5.35. The Morgan fingerprint density at radius 3 is 2.32 bits per heavy atom. The molecule has 7 rings (SSSR count). The summed E-state index contributed by atoms with van der Waals surface area (Å²) in [6.07, 6.45) is 8.11. The zero-order valence-electron chi connectivity index (χ0n) is 20.2. The Morgan fingerprint density at radius 1 is 1.03 bits per heavy atom. The van der Waals surface area contributed by atoms with Crippen molar-refractivity contribution in [2.45, 2.75) is 58.4 Å². The monoisotopic (exact) mass is 454 g/mol. The molecule has 4 aliphatic rings. The van der Waals surface area contributed by atoms with Gasteiger partial charge >= 0.3 is 0 Å². The zero-order chi connectivity index (χ0) is 23.3. The van der Waals surface area contributed by atoms with Crippen molar-refractivity contribution in [1.82, 2.24) is 10.3 Å². The van der Waals surface area contributed by atoms with E-state index in [4.69, 9.17) is 9.72 Å². The molecular weight excluding hydrogens is 420 g/mol.